The van der Waals surface area contributed by atoms with Crippen molar-refractivity contribution in [2.24, 2.45) is 5.73 Å². The van der Waals surface area contributed by atoms with Crippen LogP contribution in [-0.2, 0) is 0 Å². The molecule has 0 saturated carbocycles. The van der Waals surface area contributed by atoms with Crippen molar-refractivity contribution in [2.45, 2.75) is 25.7 Å². The zero-order chi connectivity index (χ0) is 14.7. The van der Waals surface area contributed by atoms with E-state index in [4.69, 9.17) is 10.3 Å². The van der Waals surface area contributed by atoms with Crippen LogP contribution in [0.4, 0.5) is 13.2 Å². The van der Waals surface area contributed by atoms with Gasteiger partial charge in [-0.05, 0) is 31.5 Å². The molecule has 0 aliphatic heterocycles. The van der Waals surface area contributed by atoms with E-state index in [-0.39, 0.29) is 17.3 Å². The molecule has 108 valence electrons. The summed E-state index contributed by atoms with van der Waals surface area (Å²) in [6, 6.07) is 1.66. The van der Waals surface area contributed by atoms with Crippen LogP contribution in [0.3, 0.4) is 0 Å². The van der Waals surface area contributed by atoms with Crippen LogP contribution in [0.15, 0.2) is 16.7 Å². The Kier molecular flexibility index (Phi) is 4.39. The third-order valence-electron chi connectivity index (χ3n) is 2.95. The van der Waals surface area contributed by atoms with Crippen molar-refractivity contribution in [3.05, 3.63) is 35.5 Å². The van der Waals surface area contributed by atoms with Crippen molar-refractivity contribution in [1.82, 2.24) is 10.1 Å². The number of rotatable bonds is 5. The maximum absolute atomic E-state index is 13.1. The highest BCUT2D eigenvalue weighted by molar-refractivity contribution is 5.54. The van der Waals surface area contributed by atoms with Crippen LogP contribution in [0, 0.1) is 17.5 Å². The number of hydrogen-bond donors (Lipinski definition) is 1. The Morgan fingerprint density at radius 2 is 1.90 bits per heavy atom. The minimum absolute atomic E-state index is 0.00468. The Bertz CT molecular complexity index is 577. The molecular weight excluding hydrogens is 271 g/mol. The molecule has 1 unspecified atom stereocenters. The van der Waals surface area contributed by atoms with Gasteiger partial charge in [-0.25, -0.2) is 13.2 Å². The smallest absolute Gasteiger partial charge is 0.229 e. The third-order valence-corrected chi connectivity index (χ3v) is 2.95. The van der Waals surface area contributed by atoms with Crippen LogP contribution in [0.25, 0.3) is 11.4 Å². The number of aromatic nitrogens is 2. The van der Waals surface area contributed by atoms with Crippen molar-refractivity contribution in [3.8, 4) is 11.4 Å². The minimum atomic E-state index is -1.52. The zero-order valence-corrected chi connectivity index (χ0v) is 10.9. The van der Waals surface area contributed by atoms with E-state index in [0.29, 0.717) is 12.4 Å². The maximum atomic E-state index is 13.1. The van der Waals surface area contributed by atoms with E-state index in [1.807, 2.05) is 6.92 Å². The molecular formula is C13H14F3N3O. The minimum Gasteiger partial charge on any atom is -0.339 e. The summed E-state index contributed by atoms with van der Waals surface area (Å²) >= 11 is 0. The molecule has 1 atom stereocenters. The summed E-state index contributed by atoms with van der Waals surface area (Å²) < 4.78 is 44.2. The molecule has 0 fully saturated rings. The summed E-state index contributed by atoms with van der Waals surface area (Å²) in [5.41, 5.74) is 5.44. The Morgan fingerprint density at radius 3 is 2.50 bits per heavy atom. The van der Waals surface area contributed by atoms with E-state index in [9.17, 15) is 13.2 Å². The molecule has 1 heterocycles. The molecule has 4 nitrogen and oxygen atoms in total. The van der Waals surface area contributed by atoms with Gasteiger partial charge >= 0.3 is 0 Å². The first kappa shape index (κ1) is 14.5. The van der Waals surface area contributed by atoms with E-state index in [0.717, 1.165) is 25.0 Å². The molecule has 7 heteroatoms. The van der Waals surface area contributed by atoms with Crippen molar-refractivity contribution in [1.29, 1.82) is 0 Å². The van der Waals surface area contributed by atoms with Crippen LogP contribution in [0.5, 0.6) is 0 Å². The standard InChI is InChI=1S/C13H14F3N3O/c1-7(3-2-4-17)13-18-12(19-20-13)8-5-9(14)11(16)10(15)6-8/h5-7H,2-4,17H2,1H3. The van der Waals surface area contributed by atoms with E-state index < -0.39 is 17.5 Å². The number of hydrogen-bond acceptors (Lipinski definition) is 4. The second-order valence-corrected chi connectivity index (χ2v) is 4.54. The lowest BCUT2D eigenvalue weighted by Crippen LogP contribution is -2.02. The number of nitrogens with zero attached hydrogens (tertiary/aromatic N) is 2. The van der Waals surface area contributed by atoms with Crippen LogP contribution in [-0.4, -0.2) is 16.7 Å². The van der Waals surface area contributed by atoms with Gasteiger partial charge in [0.25, 0.3) is 0 Å². The fraction of sp³-hybridized carbons (Fsp3) is 0.385. The molecule has 0 aliphatic rings. The van der Waals surface area contributed by atoms with Gasteiger partial charge in [0.2, 0.25) is 11.7 Å². The van der Waals surface area contributed by atoms with Gasteiger partial charge in [0.05, 0.1) is 0 Å². The molecule has 0 saturated heterocycles. The molecule has 2 rings (SSSR count). The Labute approximate surface area is 113 Å². The second-order valence-electron chi connectivity index (χ2n) is 4.54. The van der Waals surface area contributed by atoms with Crippen LogP contribution < -0.4 is 5.73 Å². The predicted octanol–water partition coefficient (Wildman–Crippen LogP) is 3.00. The van der Waals surface area contributed by atoms with Gasteiger partial charge in [-0.2, -0.15) is 4.98 Å². The van der Waals surface area contributed by atoms with E-state index in [1.54, 1.807) is 0 Å². The topological polar surface area (TPSA) is 64.9 Å². The Balaban J connectivity index is 2.24. The Morgan fingerprint density at radius 1 is 1.25 bits per heavy atom. The molecule has 0 amide bonds. The van der Waals surface area contributed by atoms with Crippen molar-refractivity contribution in [2.75, 3.05) is 6.54 Å². The van der Waals surface area contributed by atoms with Crippen molar-refractivity contribution < 1.29 is 17.7 Å². The molecule has 2 N–H and O–H groups in total. The Hall–Kier alpha value is -1.89. The summed E-state index contributed by atoms with van der Waals surface area (Å²) in [6.07, 6.45) is 1.57. The monoisotopic (exact) mass is 285 g/mol. The van der Waals surface area contributed by atoms with Gasteiger partial charge in [-0.15, -0.1) is 0 Å². The first-order valence-corrected chi connectivity index (χ1v) is 6.21. The molecule has 0 radical (unpaired) electrons. The highest BCUT2D eigenvalue weighted by atomic mass is 19.2. The average molecular weight is 285 g/mol. The van der Waals surface area contributed by atoms with E-state index >= 15 is 0 Å². The summed E-state index contributed by atoms with van der Waals surface area (Å²) in [5, 5.41) is 3.65. The second kappa shape index (κ2) is 6.04. The first-order valence-electron chi connectivity index (χ1n) is 6.21. The molecule has 20 heavy (non-hydrogen) atoms. The lowest BCUT2D eigenvalue weighted by Gasteiger charge is -2.03. The quantitative estimate of drug-likeness (QED) is 0.858. The van der Waals surface area contributed by atoms with Crippen LogP contribution >= 0.6 is 0 Å². The van der Waals surface area contributed by atoms with E-state index in [1.165, 1.54) is 0 Å². The molecule has 0 bridgehead atoms. The molecule has 1 aromatic carbocycles. The van der Waals surface area contributed by atoms with Gasteiger partial charge in [0, 0.05) is 11.5 Å². The van der Waals surface area contributed by atoms with Crippen LogP contribution in [0.2, 0.25) is 0 Å². The lowest BCUT2D eigenvalue weighted by molar-refractivity contribution is 0.352. The summed E-state index contributed by atoms with van der Waals surface area (Å²) in [7, 11) is 0. The zero-order valence-electron chi connectivity index (χ0n) is 10.9. The lowest BCUT2D eigenvalue weighted by atomic mass is 10.1. The molecule has 1 aromatic heterocycles. The number of nitrogens with two attached hydrogens (primary N) is 1. The van der Waals surface area contributed by atoms with Gasteiger partial charge < -0.3 is 10.3 Å². The molecule has 2 aromatic rings. The fourth-order valence-electron chi connectivity index (χ4n) is 1.78. The predicted molar refractivity (Wildman–Crippen MR) is 66.3 cm³/mol. The molecule has 0 spiro atoms. The highest BCUT2D eigenvalue weighted by Gasteiger charge is 2.18. The van der Waals surface area contributed by atoms with Gasteiger partial charge in [-0.3, -0.25) is 0 Å². The first-order chi connectivity index (χ1) is 9.52. The SMILES string of the molecule is CC(CCCN)c1nc(-c2cc(F)c(F)c(F)c2)no1. The average Bonchev–Trinajstić information content (AvgIpc) is 2.91. The van der Waals surface area contributed by atoms with Gasteiger partial charge in [-0.1, -0.05) is 12.1 Å². The van der Waals surface area contributed by atoms with Crippen molar-refractivity contribution in [3.63, 3.8) is 0 Å². The highest BCUT2D eigenvalue weighted by Crippen LogP contribution is 2.24. The summed E-state index contributed by atoms with van der Waals surface area (Å²) in [6.45, 7) is 2.44. The summed E-state index contributed by atoms with van der Waals surface area (Å²) in [5.74, 6) is -3.72. The van der Waals surface area contributed by atoms with Crippen LogP contribution in [0.1, 0.15) is 31.6 Å². The fourth-order valence-corrected chi connectivity index (χ4v) is 1.78. The molecule has 0 aliphatic carbocycles. The third kappa shape index (κ3) is 2.98. The van der Waals surface area contributed by atoms with Gasteiger partial charge in [0.1, 0.15) is 0 Å². The van der Waals surface area contributed by atoms with Crippen molar-refractivity contribution >= 4 is 0 Å². The van der Waals surface area contributed by atoms with Gasteiger partial charge in [0.15, 0.2) is 17.5 Å². The summed E-state index contributed by atoms with van der Waals surface area (Å²) in [4.78, 5) is 4.07. The maximum Gasteiger partial charge on any atom is 0.229 e. The van der Waals surface area contributed by atoms with E-state index in [2.05, 4.69) is 10.1 Å². The number of halogens is 3. The normalized spacial score (nSPS) is 12.7. The largest absolute Gasteiger partial charge is 0.339 e. The number of benzene rings is 1.